The van der Waals surface area contributed by atoms with Crippen LogP contribution < -0.4 is 5.32 Å². The van der Waals surface area contributed by atoms with Crippen molar-refractivity contribution in [3.63, 3.8) is 0 Å². The van der Waals surface area contributed by atoms with Gasteiger partial charge in [-0.25, -0.2) is 0 Å². The summed E-state index contributed by atoms with van der Waals surface area (Å²) >= 11 is 0. The standard InChI is InChI=1S/C15H35NO6P2/c1-7-14(6)12-13-16-15(23(17,19-8-2)20-9-3)24(18,21-10-4)22-11-5/h14-16H,7-13H2,1-6H3. The molecule has 1 N–H and O–H groups in total. The lowest BCUT2D eigenvalue weighted by molar-refractivity contribution is 0.189. The van der Waals surface area contributed by atoms with Crippen molar-refractivity contribution in [2.24, 2.45) is 5.92 Å². The molecule has 0 aliphatic heterocycles. The molecule has 0 aliphatic rings. The maximum atomic E-state index is 13.2. The Morgan fingerprint density at radius 3 is 1.46 bits per heavy atom. The van der Waals surface area contributed by atoms with Gasteiger partial charge in [0.2, 0.25) is 5.52 Å². The number of rotatable bonds is 15. The van der Waals surface area contributed by atoms with Crippen LogP contribution in [0.15, 0.2) is 0 Å². The topological polar surface area (TPSA) is 83.1 Å². The Kier molecular flexibility index (Phi) is 12.7. The number of hydrogen-bond acceptors (Lipinski definition) is 7. The molecule has 0 aromatic heterocycles. The normalized spacial score (nSPS) is 14.3. The zero-order valence-corrected chi connectivity index (χ0v) is 17.7. The Labute approximate surface area is 147 Å². The molecule has 0 aliphatic carbocycles. The summed E-state index contributed by atoms with van der Waals surface area (Å²) in [5, 5.41) is 3.08. The van der Waals surface area contributed by atoms with E-state index in [1.165, 1.54) is 0 Å². The highest BCUT2D eigenvalue weighted by Crippen LogP contribution is 2.69. The van der Waals surface area contributed by atoms with Gasteiger partial charge in [-0.3, -0.25) is 14.4 Å². The molecule has 0 saturated heterocycles. The summed E-state index contributed by atoms with van der Waals surface area (Å²) in [7, 11) is -7.41. The molecule has 7 nitrogen and oxygen atoms in total. The molecule has 0 saturated carbocycles. The fraction of sp³-hybridized carbons (Fsp3) is 1.00. The van der Waals surface area contributed by atoms with Crippen molar-refractivity contribution < 1.29 is 27.2 Å². The van der Waals surface area contributed by atoms with Gasteiger partial charge in [0.25, 0.3) is 0 Å². The van der Waals surface area contributed by atoms with E-state index in [0.717, 1.165) is 12.8 Å². The van der Waals surface area contributed by atoms with E-state index in [2.05, 4.69) is 19.2 Å². The summed E-state index contributed by atoms with van der Waals surface area (Å²) < 4.78 is 48.0. The minimum absolute atomic E-state index is 0.180. The second-order valence-corrected chi connectivity index (χ2v) is 10.0. The Bertz CT molecular complexity index is 371. The molecule has 0 radical (unpaired) electrons. The Balaban J connectivity index is 5.52. The monoisotopic (exact) mass is 387 g/mol. The minimum atomic E-state index is -3.70. The predicted molar refractivity (Wildman–Crippen MR) is 97.6 cm³/mol. The third-order valence-electron chi connectivity index (χ3n) is 3.50. The van der Waals surface area contributed by atoms with Crippen LogP contribution in [0.1, 0.15) is 54.4 Å². The zero-order valence-electron chi connectivity index (χ0n) is 15.9. The minimum Gasteiger partial charge on any atom is -0.307 e. The first-order valence-electron chi connectivity index (χ1n) is 8.84. The number of hydrogen-bond donors (Lipinski definition) is 1. The average molecular weight is 387 g/mol. The first kappa shape index (κ1) is 24.3. The molecule has 0 rings (SSSR count). The summed E-state index contributed by atoms with van der Waals surface area (Å²) in [5.41, 5.74) is -1.13. The van der Waals surface area contributed by atoms with Gasteiger partial charge in [0.15, 0.2) is 0 Å². The molecule has 146 valence electrons. The lowest BCUT2D eigenvalue weighted by atomic mass is 10.1. The van der Waals surface area contributed by atoms with E-state index in [1.54, 1.807) is 27.7 Å². The lowest BCUT2D eigenvalue weighted by Gasteiger charge is -2.32. The summed E-state index contributed by atoms with van der Waals surface area (Å²) in [5.74, 6) is 0.496. The molecule has 0 amide bonds. The van der Waals surface area contributed by atoms with Crippen molar-refractivity contribution in [3.05, 3.63) is 0 Å². The molecule has 9 heteroatoms. The third-order valence-corrected chi connectivity index (χ3v) is 9.23. The van der Waals surface area contributed by atoms with Gasteiger partial charge in [0, 0.05) is 0 Å². The zero-order chi connectivity index (χ0) is 18.6. The Morgan fingerprint density at radius 2 is 1.17 bits per heavy atom. The quantitative estimate of drug-likeness (QED) is 0.403. The van der Waals surface area contributed by atoms with Crippen LogP contribution in [0.4, 0.5) is 0 Å². The van der Waals surface area contributed by atoms with Crippen LogP contribution >= 0.6 is 15.2 Å². The van der Waals surface area contributed by atoms with E-state index in [1.807, 2.05) is 0 Å². The van der Waals surface area contributed by atoms with Gasteiger partial charge in [-0.15, -0.1) is 0 Å². The molecule has 0 fully saturated rings. The van der Waals surface area contributed by atoms with E-state index in [-0.39, 0.29) is 26.4 Å². The van der Waals surface area contributed by atoms with Gasteiger partial charge >= 0.3 is 15.2 Å². The molecule has 0 bridgehead atoms. The van der Waals surface area contributed by atoms with Crippen LogP contribution in [-0.4, -0.2) is 38.5 Å². The molecule has 24 heavy (non-hydrogen) atoms. The van der Waals surface area contributed by atoms with Crippen molar-refractivity contribution in [1.82, 2.24) is 5.32 Å². The second-order valence-electron chi connectivity index (χ2n) is 5.38. The van der Waals surface area contributed by atoms with Crippen LogP contribution in [0, 0.1) is 5.92 Å². The number of nitrogens with one attached hydrogen (secondary N) is 1. The molecule has 0 spiro atoms. The maximum Gasteiger partial charge on any atom is 0.359 e. The molecule has 1 atom stereocenters. The van der Waals surface area contributed by atoms with E-state index < -0.39 is 20.7 Å². The molecule has 0 aromatic carbocycles. The van der Waals surface area contributed by atoms with Crippen LogP contribution in [-0.2, 0) is 27.2 Å². The SMILES string of the molecule is CCOP(=O)(OCC)C(NCCC(C)CC)P(=O)(OCC)OCC. The van der Waals surface area contributed by atoms with Gasteiger partial charge in [0.05, 0.1) is 26.4 Å². The van der Waals surface area contributed by atoms with Gasteiger partial charge < -0.3 is 18.1 Å². The van der Waals surface area contributed by atoms with Crippen LogP contribution in [0.3, 0.4) is 0 Å². The Hall–Kier alpha value is 0.260. The van der Waals surface area contributed by atoms with Gasteiger partial charge in [0.1, 0.15) is 0 Å². The second kappa shape index (κ2) is 12.6. The van der Waals surface area contributed by atoms with Crippen LogP contribution in [0.5, 0.6) is 0 Å². The third kappa shape index (κ3) is 7.65. The average Bonchev–Trinajstić information content (AvgIpc) is 2.51. The van der Waals surface area contributed by atoms with Crippen molar-refractivity contribution in [3.8, 4) is 0 Å². The maximum absolute atomic E-state index is 13.2. The smallest absolute Gasteiger partial charge is 0.307 e. The highest BCUT2D eigenvalue weighted by molar-refractivity contribution is 7.72. The van der Waals surface area contributed by atoms with Crippen LogP contribution in [0.25, 0.3) is 0 Å². The molecule has 0 aromatic rings. The summed E-state index contributed by atoms with van der Waals surface area (Å²) in [6, 6.07) is 0. The van der Waals surface area contributed by atoms with Crippen molar-refractivity contribution in [2.75, 3.05) is 33.0 Å². The summed E-state index contributed by atoms with van der Waals surface area (Å²) in [6.07, 6.45) is 1.89. The van der Waals surface area contributed by atoms with Gasteiger partial charge in [-0.05, 0) is 46.6 Å². The first-order valence-corrected chi connectivity index (χ1v) is 12.1. The lowest BCUT2D eigenvalue weighted by Crippen LogP contribution is -2.33. The van der Waals surface area contributed by atoms with E-state index in [4.69, 9.17) is 18.1 Å². The van der Waals surface area contributed by atoms with E-state index in [9.17, 15) is 9.13 Å². The van der Waals surface area contributed by atoms with Gasteiger partial charge in [-0.1, -0.05) is 20.3 Å². The molecular formula is C15H35NO6P2. The van der Waals surface area contributed by atoms with Crippen LogP contribution in [0.2, 0.25) is 0 Å². The fourth-order valence-corrected chi connectivity index (χ4v) is 7.18. The molecule has 1 unspecified atom stereocenters. The largest absolute Gasteiger partial charge is 0.359 e. The highest BCUT2D eigenvalue weighted by atomic mass is 31.2. The highest BCUT2D eigenvalue weighted by Gasteiger charge is 2.50. The fourth-order valence-electron chi connectivity index (χ4n) is 2.14. The Morgan fingerprint density at radius 1 is 0.792 bits per heavy atom. The van der Waals surface area contributed by atoms with E-state index in [0.29, 0.717) is 12.5 Å². The van der Waals surface area contributed by atoms with Crippen molar-refractivity contribution in [2.45, 2.75) is 59.9 Å². The van der Waals surface area contributed by atoms with Crippen molar-refractivity contribution in [1.29, 1.82) is 0 Å². The first-order chi connectivity index (χ1) is 11.3. The van der Waals surface area contributed by atoms with E-state index >= 15 is 0 Å². The predicted octanol–water partition coefficient (Wildman–Crippen LogP) is 4.83. The summed E-state index contributed by atoms with van der Waals surface area (Å²) in [4.78, 5) is 0. The summed E-state index contributed by atoms with van der Waals surface area (Å²) in [6.45, 7) is 12.3. The molecular weight excluding hydrogens is 352 g/mol. The van der Waals surface area contributed by atoms with Crippen molar-refractivity contribution >= 4 is 15.2 Å². The molecule has 0 heterocycles. The van der Waals surface area contributed by atoms with Gasteiger partial charge in [-0.2, -0.15) is 0 Å².